The predicted octanol–water partition coefficient (Wildman–Crippen LogP) is 1.12. The fourth-order valence-corrected chi connectivity index (χ4v) is 2.87. The highest BCUT2D eigenvalue weighted by Crippen LogP contribution is 2.19. The number of nitrogens with zero attached hydrogens (tertiary/aromatic N) is 1. The van der Waals surface area contributed by atoms with Gasteiger partial charge in [-0.25, -0.2) is 4.79 Å². The maximum atomic E-state index is 12.4. The molecule has 0 aromatic heterocycles. The molecular weight excluding hydrogens is 312 g/mol. The van der Waals surface area contributed by atoms with Gasteiger partial charge in [0, 0.05) is 12.6 Å². The molecule has 7 heteroatoms. The van der Waals surface area contributed by atoms with Crippen LogP contribution in [0, 0.1) is 0 Å². The minimum Gasteiger partial charge on any atom is -0.444 e. The molecule has 142 valence electrons. The van der Waals surface area contributed by atoms with Crippen molar-refractivity contribution in [2.45, 2.75) is 70.7 Å². The van der Waals surface area contributed by atoms with Crippen LogP contribution in [-0.2, 0) is 9.47 Å². The van der Waals surface area contributed by atoms with E-state index in [1.54, 1.807) is 4.90 Å². The molecule has 0 bridgehead atoms. The van der Waals surface area contributed by atoms with E-state index in [0.29, 0.717) is 32.6 Å². The Bertz CT molecular complexity index is 385. The van der Waals surface area contributed by atoms with Crippen molar-refractivity contribution >= 4 is 6.09 Å². The van der Waals surface area contributed by atoms with E-state index in [0.717, 1.165) is 0 Å². The van der Waals surface area contributed by atoms with Crippen molar-refractivity contribution in [1.29, 1.82) is 0 Å². The summed E-state index contributed by atoms with van der Waals surface area (Å²) in [4.78, 5) is 14.1. The van der Waals surface area contributed by atoms with Crippen LogP contribution in [0.15, 0.2) is 0 Å². The second kappa shape index (κ2) is 8.99. The molecule has 1 fully saturated rings. The molecule has 0 spiro atoms. The number of hydrogen-bond donors (Lipinski definition) is 3. The zero-order chi connectivity index (χ0) is 18.4. The topological polar surface area (TPSA) is 91.3 Å². The van der Waals surface area contributed by atoms with Gasteiger partial charge < -0.3 is 29.9 Å². The van der Waals surface area contributed by atoms with Crippen LogP contribution in [0.5, 0.6) is 0 Å². The lowest BCUT2D eigenvalue weighted by molar-refractivity contribution is -0.0370. The number of hydrogen-bond acceptors (Lipinski definition) is 6. The fourth-order valence-electron chi connectivity index (χ4n) is 2.87. The summed E-state index contributed by atoms with van der Waals surface area (Å²) < 4.78 is 11.0. The number of aliphatic hydroxyl groups excluding tert-OH is 2. The summed E-state index contributed by atoms with van der Waals surface area (Å²) >= 11 is 0. The van der Waals surface area contributed by atoms with Crippen LogP contribution in [0.3, 0.4) is 0 Å². The van der Waals surface area contributed by atoms with Crippen molar-refractivity contribution in [3.05, 3.63) is 0 Å². The van der Waals surface area contributed by atoms with Crippen molar-refractivity contribution in [3.63, 3.8) is 0 Å². The average Bonchev–Trinajstić information content (AvgIpc) is 2.51. The first-order chi connectivity index (χ1) is 11.2. The minimum atomic E-state index is -0.703. The molecule has 0 aromatic rings. The van der Waals surface area contributed by atoms with Gasteiger partial charge in [-0.05, 0) is 40.5 Å². The molecule has 1 rings (SSSR count). The molecule has 7 nitrogen and oxygen atoms in total. The van der Waals surface area contributed by atoms with E-state index >= 15 is 0 Å². The van der Waals surface area contributed by atoms with Crippen LogP contribution in [0.2, 0.25) is 0 Å². The summed E-state index contributed by atoms with van der Waals surface area (Å²) in [5.74, 6) is 0. The highest BCUT2D eigenvalue weighted by Gasteiger charge is 2.34. The van der Waals surface area contributed by atoms with E-state index in [2.05, 4.69) is 5.32 Å². The van der Waals surface area contributed by atoms with Crippen LogP contribution >= 0.6 is 0 Å². The average molecular weight is 346 g/mol. The molecule has 1 saturated heterocycles. The number of carbonyl (C=O) groups is 1. The van der Waals surface area contributed by atoms with Gasteiger partial charge in [-0.1, -0.05) is 6.92 Å². The molecule has 0 radical (unpaired) electrons. The van der Waals surface area contributed by atoms with E-state index in [9.17, 15) is 15.0 Å². The zero-order valence-corrected chi connectivity index (χ0v) is 15.7. The van der Waals surface area contributed by atoms with Gasteiger partial charge in [0.1, 0.15) is 5.60 Å². The van der Waals surface area contributed by atoms with E-state index in [4.69, 9.17) is 9.47 Å². The van der Waals surface area contributed by atoms with Gasteiger partial charge in [0.05, 0.1) is 38.0 Å². The molecule has 3 N–H and O–H groups in total. The van der Waals surface area contributed by atoms with Gasteiger partial charge in [-0.15, -0.1) is 0 Å². The van der Waals surface area contributed by atoms with Crippen molar-refractivity contribution in [3.8, 4) is 0 Å². The van der Waals surface area contributed by atoms with Crippen LogP contribution in [0.1, 0.15) is 47.5 Å². The lowest BCUT2D eigenvalue weighted by atomic mass is 9.95. The van der Waals surface area contributed by atoms with Crippen molar-refractivity contribution < 1.29 is 24.5 Å². The van der Waals surface area contributed by atoms with Crippen molar-refractivity contribution in [2.75, 3.05) is 33.0 Å². The second-order valence-corrected chi connectivity index (χ2v) is 7.63. The summed E-state index contributed by atoms with van der Waals surface area (Å²) in [6, 6.07) is -0.0936. The van der Waals surface area contributed by atoms with Crippen LogP contribution in [0.4, 0.5) is 4.79 Å². The standard InChI is InChI=1S/C17H34N2O5/c1-6-17(11-20,12-21)18-13(2)9-14-10-23-8-7-19(14)15(22)24-16(3,4)5/h13-14,18,20-21H,6-12H2,1-5H3. The monoisotopic (exact) mass is 346 g/mol. The quantitative estimate of drug-likeness (QED) is 0.640. The Labute approximate surface area is 145 Å². The lowest BCUT2D eigenvalue weighted by Gasteiger charge is -2.39. The molecule has 1 aliphatic rings. The molecule has 0 aliphatic carbocycles. The van der Waals surface area contributed by atoms with E-state index < -0.39 is 11.1 Å². The number of morpholine rings is 1. The number of ether oxygens (including phenoxy) is 2. The third-order valence-electron chi connectivity index (χ3n) is 4.32. The Morgan fingerprint density at radius 3 is 2.50 bits per heavy atom. The molecule has 1 heterocycles. The van der Waals surface area contributed by atoms with Crippen molar-refractivity contribution in [1.82, 2.24) is 10.2 Å². The Kier molecular flexibility index (Phi) is 7.92. The van der Waals surface area contributed by atoms with E-state index in [1.165, 1.54) is 0 Å². The Hall–Kier alpha value is -0.890. The number of carbonyl (C=O) groups excluding carboxylic acids is 1. The zero-order valence-electron chi connectivity index (χ0n) is 15.7. The molecule has 0 aromatic carbocycles. The second-order valence-electron chi connectivity index (χ2n) is 7.63. The van der Waals surface area contributed by atoms with Crippen LogP contribution < -0.4 is 5.32 Å². The summed E-state index contributed by atoms with van der Waals surface area (Å²) in [5.41, 5.74) is -1.24. The maximum absolute atomic E-state index is 12.4. The Morgan fingerprint density at radius 2 is 2.00 bits per heavy atom. The third-order valence-corrected chi connectivity index (χ3v) is 4.32. The Morgan fingerprint density at radius 1 is 1.38 bits per heavy atom. The molecule has 1 aliphatic heterocycles. The number of rotatable bonds is 7. The Balaban J connectivity index is 2.70. The van der Waals surface area contributed by atoms with Crippen molar-refractivity contribution in [2.24, 2.45) is 0 Å². The van der Waals surface area contributed by atoms with Gasteiger partial charge in [-0.3, -0.25) is 0 Å². The molecule has 1 amide bonds. The highest BCUT2D eigenvalue weighted by atomic mass is 16.6. The highest BCUT2D eigenvalue weighted by molar-refractivity contribution is 5.68. The maximum Gasteiger partial charge on any atom is 0.410 e. The van der Waals surface area contributed by atoms with E-state index in [1.807, 2.05) is 34.6 Å². The van der Waals surface area contributed by atoms with E-state index in [-0.39, 0.29) is 31.4 Å². The summed E-state index contributed by atoms with van der Waals surface area (Å²) in [7, 11) is 0. The SMILES string of the molecule is CCC(CO)(CO)NC(C)CC1COCCN1C(=O)OC(C)(C)C. The molecule has 2 unspecified atom stereocenters. The smallest absolute Gasteiger partial charge is 0.410 e. The summed E-state index contributed by atoms with van der Waals surface area (Å²) in [6.07, 6.45) is 0.941. The van der Waals surface area contributed by atoms with Crippen LogP contribution in [0.25, 0.3) is 0 Å². The van der Waals surface area contributed by atoms with Gasteiger partial charge in [0.15, 0.2) is 0 Å². The van der Waals surface area contributed by atoms with Gasteiger partial charge >= 0.3 is 6.09 Å². The summed E-state index contributed by atoms with van der Waals surface area (Å²) in [5, 5.41) is 22.4. The summed E-state index contributed by atoms with van der Waals surface area (Å²) in [6.45, 7) is 10.6. The molecular formula is C17H34N2O5. The first-order valence-corrected chi connectivity index (χ1v) is 8.73. The van der Waals surface area contributed by atoms with Gasteiger partial charge in [-0.2, -0.15) is 0 Å². The molecule has 2 atom stereocenters. The number of aliphatic hydroxyl groups is 2. The normalized spacial score (nSPS) is 20.8. The first-order valence-electron chi connectivity index (χ1n) is 8.73. The van der Waals surface area contributed by atoms with Gasteiger partial charge in [0.25, 0.3) is 0 Å². The molecule has 0 saturated carbocycles. The lowest BCUT2D eigenvalue weighted by Crippen LogP contribution is -2.57. The fraction of sp³-hybridized carbons (Fsp3) is 0.941. The third kappa shape index (κ3) is 6.20. The van der Waals surface area contributed by atoms with Crippen LogP contribution in [-0.4, -0.2) is 77.4 Å². The first kappa shape index (κ1) is 21.2. The minimum absolute atomic E-state index is 0.000821. The van der Waals surface area contributed by atoms with Gasteiger partial charge in [0.2, 0.25) is 0 Å². The molecule has 24 heavy (non-hydrogen) atoms. The predicted molar refractivity (Wildman–Crippen MR) is 92.0 cm³/mol. The number of nitrogens with one attached hydrogen (secondary N) is 1. The number of amides is 1. The largest absolute Gasteiger partial charge is 0.444 e.